The van der Waals surface area contributed by atoms with E-state index in [1.54, 1.807) is 23.5 Å². The smallest absolute Gasteiger partial charge is 0.408 e. The van der Waals surface area contributed by atoms with Gasteiger partial charge >= 0.3 is 6.09 Å². The minimum atomic E-state index is -0.480. The van der Waals surface area contributed by atoms with Crippen LogP contribution in [-0.4, -0.2) is 24.2 Å². The van der Waals surface area contributed by atoms with Gasteiger partial charge in [-0.1, -0.05) is 18.2 Å². The Kier molecular flexibility index (Phi) is 6.07. The Labute approximate surface area is 123 Å². The third-order valence-corrected chi connectivity index (χ3v) is 3.96. The normalized spacial score (nSPS) is 12.9. The van der Waals surface area contributed by atoms with E-state index in [1.807, 2.05) is 51.5 Å². The number of carbonyl (C=O) groups excluding carboxylic acids is 1. The van der Waals surface area contributed by atoms with Gasteiger partial charge in [0.1, 0.15) is 11.0 Å². The van der Waals surface area contributed by atoms with Gasteiger partial charge in [0.2, 0.25) is 0 Å². The molecule has 0 saturated carbocycles. The fourth-order valence-electron chi connectivity index (χ4n) is 1.56. The molecule has 0 radical (unpaired) electrons. The maximum atomic E-state index is 11.8. The highest BCUT2D eigenvalue weighted by Gasteiger charge is 2.21. The molecule has 5 heteroatoms. The monoisotopic (exact) mass is 299 g/mol. The standard InChI is InChI=1S/C14H21NO2S2/c1-14(2,3)17-13(16)15-12(19-5)10-8-6-7-9-11(10)18-4/h6-9,12H,1-5H3,(H,15,16). The van der Waals surface area contributed by atoms with E-state index in [9.17, 15) is 4.79 Å². The minimum Gasteiger partial charge on any atom is -0.444 e. The third-order valence-electron chi connectivity index (χ3n) is 2.30. The molecule has 106 valence electrons. The van der Waals surface area contributed by atoms with Gasteiger partial charge in [0.25, 0.3) is 0 Å². The highest BCUT2D eigenvalue weighted by Crippen LogP contribution is 2.31. The quantitative estimate of drug-likeness (QED) is 0.664. The Balaban J connectivity index is 2.81. The molecule has 1 amide bonds. The minimum absolute atomic E-state index is 0.0986. The largest absolute Gasteiger partial charge is 0.444 e. The second-order valence-corrected chi connectivity index (χ2v) is 6.79. The first-order chi connectivity index (χ1) is 8.87. The van der Waals surface area contributed by atoms with Crippen molar-refractivity contribution in [2.24, 2.45) is 0 Å². The van der Waals surface area contributed by atoms with Crippen molar-refractivity contribution < 1.29 is 9.53 Å². The van der Waals surface area contributed by atoms with Crippen molar-refractivity contribution in [3.8, 4) is 0 Å². The topological polar surface area (TPSA) is 38.3 Å². The SMILES string of the molecule is CSc1ccccc1C(NC(=O)OC(C)(C)C)SC. The summed E-state index contributed by atoms with van der Waals surface area (Å²) < 4.78 is 5.29. The molecule has 0 bridgehead atoms. The van der Waals surface area contributed by atoms with Crippen molar-refractivity contribution in [2.45, 2.75) is 36.6 Å². The Hall–Kier alpha value is -0.810. The zero-order valence-corrected chi connectivity index (χ0v) is 13.7. The Morgan fingerprint density at radius 1 is 1.26 bits per heavy atom. The van der Waals surface area contributed by atoms with E-state index in [2.05, 4.69) is 11.4 Å². The van der Waals surface area contributed by atoms with Crippen LogP contribution in [0.3, 0.4) is 0 Å². The van der Waals surface area contributed by atoms with Gasteiger partial charge in [-0.15, -0.1) is 23.5 Å². The summed E-state index contributed by atoms with van der Waals surface area (Å²) >= 11 is 3.26. The molecule has 19 heavy (non-hydrogen) atoms. The number of carbonyl (C=O) groups is 1. The molecule has 1 unspecified atom stereocenters. The summed E-state index contributed by atoms with van der Waals surface area (Å²) in [7, 11) is 0. The summed E-state index contributed by atoms with van der Waals surface area (Å²) in [5, 5.41) is 2.80. The van der Waals surface area contributed by atoms with Gasteiger partial charge in [-0.05, 0) is 44.9 Å². The number of thioether (sulfide) groups is 2. The number of hydrogen-bond acceptors (Lipinski definition) is 4. The highest BCUT2D eigenvalue weighted by atomic mass is 32.2. The molecule has 1 rings (SSSR count). The molecule has 0 saturated heterocycles. The lowest BCUT2D eigenvalue weighted by Gasteiger charge is -2.23. The molecule has 1 aromatic carbocycles. The summed E-state index contributed by atoms with van der Waals surface area (Å²) in [5.41, 5.74) is 0.625. The first-order valence-electron chi connectivity index (χ1n) is 6.02. The molecule has 0 aromatic heterocycles. The lowest BCUT2D eigenvalue weighted by Crippen LogP contribution is -2.34. The van der Waals surface area contributed by atoms with Gasteiger partial charge in [0.15, 0.2) is 0 Å². The van der Waals surface area contributed by atoms with E-state index < -0.39 is 5.60 Å². The van der Waals surface area contributed by atoms with E-state index in [-0.39, 0.29) is 11.5 Å². The molecule has 0 heterocycles. The predicted octanol–water partition coefficient (Wildman–Crippen LogP) is 4.29. The zero-order valence-electron chi connectivity index (χ0n) is 12.0. The molecule has 0 aliphatic heterocycles. The average Bonchev–Trinajstić information content (AvgIpc) is 2.33. The van der Waals surface area contributed by atoms with E-state index in [0.29, 0.717) is 0 Å². The summed E-state index contributed by atoms with van der Waals surface area (Å²) in [6.45, 7) is 5.57. The summed E-state index contributed by atoms with van der Waals surface area (Å²) in [5.74, 6) is 0. The maximum Gasteiger partial charge on any atom is 0.408 e. The second-order valence-electron chi connectivity index (χ2n) is 5.00. The molecule has 1 atom stereocenters. The van der Waals surface area contributed by atoms with E-state index in [1.165, 1.54) is 0 Å². The summed E-state index contributed by atoms with van der Waals surface area (Å²) in [6.07, 6.45) is 3.62. The zero-order chi connectivity index (χ0) is 14.5. The fraction of sp³-hybridized carbons (Fsp3) is 0.500. The number of nitrogens with one attached hydrogen (secondary N) is 1. The summed E-state index contributed by atoms with van der Waals surface area (Å²) in [4.78, 5) is 13.0. The van der Waals surface area contributed by atoms with Gasteiger partial charge in [0, 0.05) is 4.90 Å². The van der Waals surface area contributed by atoms with Gasteiger partial charge < -0.3 is 10.1 Å². The Bertz CT molecular complexity index is 430. The second kappa shape index (κ2) is 7.10. The van der Waals surface area contributed by atoms with Crippen molar-refractivity contribution in [2.75, 3.05) is 12.5 Å². The molecule has 0 fully saturated rings. The summed E-state index contributed by atoms with van der Waals surface area (Å²) in [6, 6.07) is 8.07. The number of amides is 1. The number of hydrogen-bond donors (Lipinski definition) is 1. The van der Waals surface area contributed by atoms with Crippen molar-refractivity contribution in [1.29, 1.82) is 0 Å². The van der Waals surface area contributed by atoms with Crippen LogP contribution in [0, 0.1) is 0 Å². The van der Waals surface area contributed by atoms with Crippen LogP contribution in [0.1, 0.15) is 31.7 Å². The van der Waals surface area contributed by atoms with Crippen LogP contribution >= 0.6 is 23.5 Å². The van der Waals surface area contributed by atoms with Gasteiger partial charge in [-0.25, -0.2) is 4.79 Å². The average molecular weight is 299 g/mol. The molecular weight excluding hydrogens is 278 g/mol. The number of rotatable bonds is 4. The maximum absolute atomic E-state index is 11.8. The first-order valence-corrected chi connectivity index (χ1v) is 8.54. The lowest BCUT2D eigenvalue weighted by molar-refractivity contribution is 0.0521. The van der Waals surface area contributed by atoms with Crippen LogP contribution in [0.5, 0.6) is 0 Å². The van der Waals surface area contributed by atoms with Crippen molar-refractivity contribution >= 4 is 29.6 Å². The predicted molar refractivity (Wildman–Crippen MR) is 83.8 cm³/mol. The Morgan fingerprint density at radius 2 is 1.89 bits per heavy atom. The van der Waals surface area contributed by atoms with E-state index in [4.69, 9.17) is 4.74 Å². The van der Waals surface area contributed by atoms with Crippen LogP contribution in [0.15, 0.2) is 29.2 Å². The Morgan fingerprint density at radius 3 is 2.42 bits per heavy atom. The molecular formula is C14H21NO2S2. The molecule has 1 N–H and O–H groups in total. The molecule has 3 nitrogen and oxygen atoms in total. The molecule has 1 aromatic rings. The third kappa shape index (κ3) is 5.37. The van der Waals surface area contributed by atoms with Crippen molar-refractivity contribution in [1.82, 2.24) is 5.32 Å². The number of benzene rings is 1. The van der Waals surface area contributed by atoms with Crippen molar-refractivity contribution in [3.63, 3.8) is 0 Å². The van der Waals surface area contributed by atoms with Crippen LogP contribution in [0.2, 0.25) is 0 Å². The number of ether oxygens (including phenoxy) is 1. The van der Waals surface area contributed by atoms with Gasteiger partial charge in [0.05, 0.1) is 0 Å². The van der Waals surface area contributed by atoms with Crippen molar-refractivity contribution in [3.05, 3.63) is 29.8 Å². The van der Waals surface area contributed by atoms with Crippen LogP contribution in [0.25, 0.3) is 0 Å². The van der Waals surface area contributed by atoms with E-state index in [0.717, 1.165) is 10.5 Å². The number of alkyl carbamates (subject to hydrolysis) is 1. The highest BCUT2D eigenvalue weighted by molar-refractivity contribution is 7.99. The molecule has 0 aliphatic rings. The van der Waals surface area contributed by atoms with Crippen LogP contribution in [0.4, 0.5) is 4.79 Å². The fourth-order valence-corrected chi connectivity index (χ4v) is 2.95. The molecule has 0 spiro atoms. The molecule has 0 aliphatic carbocycles. The first kappa shape index (κ1) is 16.2. The van der Waals surface area contributed by atoms with Gasteiger partial charge in [-0.2, -0.15) is 0 Å². The lowest BCUT2D eigenvalue weighted by atomic mass is 10.2. The van der Waals surface area contributed by atoms with Gasteiger partial charge in [-0.3, -0.25) is 0 Å². The van der Waals surface area contributed by atoms with Crippen LogP contribution in [-0.2, 0) is 4.74 Å². The van der Waals surface area contributed by atoms with E-state index >= 15 is 0 Å². The van der Waals surface area contributed by atoms with Crippen LogP contribution < -0.4 is 5.32 Å².